The van der Waals surface area contributed by atoms with Crippen molar-refractivity contribution in [3.05, 3.63) is 29.8 Å². The zero-order chi connectivity index (χ0) is 20.2. The highest BCUT2D eigenvalue weighted by Gasteiger charge is 2.28. The number of guanidine groups is 1. The predicted molar refractivity (Wildman–Crippen MR) is 125 cm³/mol. The first-order chi connectivity index (χ1) is 13.7. The largest absolute Gasteiger partial charge is 0.491 e. The van der Waals surface area contributed by atoms with Crippen LogP contribution in [0.4, 0.5) is 0 Å². The maximum atomic E-state index is 12.1. The number of methoxy groups -OCH3 is 1. The molecule has 0 amide bonds. The van der Waals surface area contributed by atoms with Crippen LogP contribution in [0.1, 0.15) is 32.3 Å². The molecule has 1 N–H and O–H groups in total. The van der Waals surface area contributed by atoms with Crippen LogP contribution in [0.5, 0.6) is 5.75 Å². The van der Waals surface area contributed by atoms with E-state index in [1.807, 2.05) is 31.2 Å². The molecule has 0 spiro atoms. The van der Waals surface area contributed by atoms with Gasteiger partial charge in [0.2, 0.25) is 0 Å². The Labute approximate surface area is 191 Å². The molecular weight excluding hydrogens is 485 g/mol. The quantitative estimate of drug-likeness (QED) is 0.178. The van der Waals surface area contributed by atoms with E-state index < -0.39 is 0 Å². The molecule has 2 rings (SSSR count). The highest BCUT2D eigenvalue weighted by Crippen LogP contribution is 2.19. The molecule has 7 nitrogen and oxygen atoms in total. The third kappa shape index (κ3) is 8.77. The van der Waals surface area contributed by atoms with Crippen molar-refractivity contribution < 1.29 is 19.0 Å². The van der Waals surface area contributed by atoms with E-state index in [-0.39, 0.29) is 35.9 Å². The van der Waals surface area contributed by atoms with Crippen LogP contribution < -0.4 is 10.1 Å². The third-order valence-electron chi connectivity index (χ3n) is 4.57. The predicted octanol–water partition coefficient (Wildman–Crippen LogP) is 3.07. The summed E-state index contributed by atoms with van der Waals surface area (Å²) in [6, 6.07) is 7.94. The molecule has 1 atom stereocenters. The van der Waals surface area contributed by atoms with Crippen molar-refractivity contribution in [2.45, 2.75) is 33.2 Å². The molecular formula is C21H34IN3O4. The number of hydrogen-bond acceptors (Lipinski definition) is 5. The van der Waals surface area contributed by atoms with Gasteiger partial charge in [-0.25, -0.2) is 4.99 Å². The molecule has 1 fully saturated rings. The number of esters is 1. The Morgan fingerprint density at radius 2 is 2.00 bits per heavy atom. The van der Waals surface area contributed by atoms with Gasteiger partial charge in [-0.15, -0.1) is 24.0 Å². The topological polar surface area (TPSA) is 72.4 Å². The lowest BCUT2D eigenvalue weighted by molar-refractivity contribution is -0.149. The lowest BCUT2D eigenvalue weighted by Crippen LogP contribution is -2.48. The van der Waals surface area contributed by atoms with Crippen molar-refractivity contribution >= 4 is 35.9 Å². The highest BCUT2D eigenvalue weighted by atomic mass is 127. The Morgan fingerprint density at radius 3 is 2.66 bits per heavy atom. The van der Waals surface area contributed by atoms with Gasteiger partial charge in [-0.1, -0.05) is 12.1 Å². The van der Waals surface area contributed by atoms with Crippen LogP contribution in [0.2, 0.25) is 0 Å². The van der Waals surface area contributed by atoms with Crippen molar-refractivity contribution in [2.75, 3.05) is 46.6 Å². The first-order valence-electron chi connectivity index (χ1n) is 10.1. The van der Waals surface area contributed by atoms with Gasteiger partial charge in [0.15, 0.2) is 5.96 Å². The second-order valence-electron chi connectivity index (χ2n) is 6.69. The van der Waals surface area contributed by atoms with Gasteiger partial charge in [-0.3, -0.25) is 4.79 Å². The maximum absolute atomic E-state index is 12.1. The van der Waals surface area contributed by atoms with Gasteiger partial charge in [0, 0.05) is 26.7 Å². The molecule has 1 saturated heterocycles. The molecule has 8 heteroatoms. The highest BCUT2D eigenvalue weighted by molar-refractivity contribution is 14.0. The van der Waals surface area contributed by atoms with E-state index in [1.54, 1.807) is 7.11 Å². The lowest BCUT2D eigenvalue weighted by atomic mass is 9.98. The molecule has 0 aromatic heterocycles. The number of carbonyl (C=O) groups is 1. The van der Waals surface area contributed by atoms with Gasteiger partial charge in [0.05, 0.1) is 25.7 Å². The molecule has 1 heterocycles. The number of nitrogens with zero attached hydrogens (tertiary/aromatic N) is 2. The summed E-state index contributed by atoms with van der Waals surface area (Å²) in [5.41, 5.74) is 1.11. The Bertz CT molecular complexity index is 625. The van der Waals surface area contributed by atoms with E-state index >= 15 is 0 Å². The zero-order valence-corrected chi connectivity index (χ0v) is 20.0. The number of ether oxygens (including phenoxy) is 3. The molecule has 164 valence electrons. The molecule has 0 aliphatic carbocycles. The second kappa shape index (κ2) is 14.4. The number of halogens is 1. The number of nitrogens with one attached hydrogen (secondary N) is 1. The van der Waals surface area contributed by atoms with E-state index in [0.717, 1.165) is 43.2 Å². The summed E-state index contributed by atoms with van der Waals surface area (Å²) >= 11 is 0. The minimum atomic E-state index is -0.105. The molecule has 0 radical (unpaired) electrons. The van der Waals surface area contributed by atoms with Crippen molar-refractivity contribution in [3.63, 3.8) is 0 Å². The van der Waals surface area contributed by atoms with Crippen LogP contribution in [0.3, 0.4) is 0 Å². The lowest BCUT2D eigenvalue weighted by Gasteiger charge is -2.34. The Hall–Kier alpha value is -1.55. The Balaban J connectivity index is 0.00000420. The monoisotopic (exact) mass is 519 g/mol. The van der Waals surface area contributed by atoms with Crippen LogP contribution in [0.15, 0.2) is 29.3 Å². The number of benzene rings is 1. The van der Waals surface area contributed by atoms with Crippen LogP contribution in [0.25, 0.3) is 0 Å². The number of rotatable bonds is 9. The number of hydrogen-bond donors (Lipinski definition) is 1. The molecule has 29 heavy (non-hydrogen) atoms. The summed E-state index contributed by atoms with van der Waals surface area (Å²) in [6.07, 6.45) is 1.83. The summed E-state index contributed by atoms with van der Waals surface area (Å²) in [4.78, 5) is 19.0. The fraction of sp³-hybridized carbons (Fsp3) is 0.619. The van der Waals surface area contributed by atoms with Crippen LogP contribution in [-0.4, -0.2) is 63.4 Å². The van der Waals surface area contributed by atoms with Crippen molar-refractivity contribution in [3.8, 4) is 5.75 Å². The van der Waals surface area contributed by atoms with E-state index in [4.69, 9.17) is 19.2 Å². The van der Waals surface area contributed by atoms with Gasteiger partial charge in [0.1, 0.15) is 12.4 Å². The molecule has 1 aliphatic rings. The van der Waals surface area contributed by atoms with E-state index in [2.05, 4.69) is 17.1 Å². The van der Waals surface area contributed by atoms with Gasteiger partial charge in [0.25, 0.3) is 0 Å². The molecule has 0 saturated carbocycles. The van der Waals surface area contributed by atoms with Gasteiger partial charge in [-0.2, -0.15) is 0 Å². The molecule has 1 aliphatic heterocycles. The smallest absolute Gasteiger partial charge is 0.310 e. The Morgan fingerprint density at radius 1 is 1.24 bits per heavy atom. The van der Waals surface area contributed by atoms with Gasteiger partial charge in [-0.05, 0) is 44.4 Å². The molecule has 1 unspecified atom stereocenters. The number of likely N-dealkylation sites (tertiary alicyclic amines) is 1. The number of aliphatic imine (C=N–C) groups is 1. The first-order valence-corrected chi connectivity index (χ1v) is 10.1. The maximum Gasteiger partial charge on any atom is 0.310 e. The molecule has 1 aromatic carbocycles. The summed E-state index contributed by atoms with van der Waals surface area (Å²) < 4.78 is 15.8. The zero-order valence-electron chi connectivity index (χ0n) is 17.7. The number of carbonyl (C=O) groups excluding carboxylic acids is 1. The minimum absolute atomic E-state index is 0. The molecule has 0 bridgehead atoms. The van der Waals surface area contributed by atoms with E-state index in [1.165, 1.54) is 0 Å². The summed E-state index contributed by atoms with van der Waals surface area (Å²) in [5, 5.41) is 3.35. The van der Waals surface area contributed by atoms with Gasteiger partial charge < -0.3 is 24.4 Å². The SMILES string of the molecule is CCNC(=NCc1ccc(OCCOC)cc1)N1CCCC(C(=O)OCC)C1.I. The van der Waals surface area contributed by atoms with E-state index in [0.29, 0.717) is 32.9 Å². The second-order valence-corrected chi connectivity index (χ2v) is 6.69. The average Bonchev–Trinajstić information content (AvgIpc) is 2.72. The van der Waals surface area contributed by atoms with Crippen LogP contribution >= 0.6 is 24.0 Å². The van der Waals surface area contributed by atoms with E-state index in [9.17, 15) is 4.79 Å². The Kier molecular flexibility index (Phi) is 12.7. The van der Waals surface area contributed by atoms with Crippen LogP contribution in [0, 0.1) is 5.92 Å². The van der Waals surface area contributed by atoms with Crippen molar-refractivity contribution in [2.24, 2.45) is 10.9 Å². The number of piperidine rings is 1. The first kappa shape index (κ1) is 25.5. The standard InChI is InChI=1S/C21H33N3O4.HI/c1-4-22-21(24-12-6-7-18(16-24)20(25)27-5-2)23-15-17-8-10-19(11-9-17)28-14-13-26-3;/h8-11,18H,4-7,12-16H2,1-3H3,(H,22,23);1H. The fourth-order valence-corrected chi connectivity index (χ4v) is 3.15. The molecule has 1 aromatic rings. The normalized spacial score (nSPS) is 16.7. The van der Waals surface area contributed by atoms with Crippen LogP contribution in [-0.2, 0) is 20.8 Å². The summed E-state index contributed by atoms with van der Waals surface area (Å²) in [6.45, 7) is 8.33. The van der Waals surface area contributed by atoms with Crippen molar-refractivity contribution in [1.82, 2.24) is 10.2 Å². The summed E-state index contributed by atoms with van der Waals surface area (Å²) in [7, 11) is 1.66. The fourth-order valence-electron chi connectivity index (χ4n) is 3.15. The summed E-state index contributed by atoms with van der Waals surface area (Å²) in [5.74, 6) is 1.48. The third-order valence-corrected chi connectivity index (χ3v) is 4.57. The van der Waals surface area contributed by atoms with Gasteiger partial charge >= 0.3 is 5.97 Å². The average molecular weight is 519 g/mol. The minimum Gasteiger partial charge on any atom is -0.491 e. The van der Waals surface area contributed by atoms with Crippen molar-refractivity contribution in [1.29, 1.82) is 0 Å².